The molecule has 0 spiro atoms. The molecule has 226 valence electrons. The monoisotopic (exact) mass is 581 g/mol. The molecule has 1 unspecified atom stereocenters. The van der Waals surface area contributed by atoms with Gasteiger partial charge in [0.2, 0.25) is 5.91 Å². The van der Waals surface area contributed by atoms with Crippen molar-refractivity contribution in [3.8, 4) is 5.75 Å². The maximum atomic E-state index is 13.3. The summed E-state index contributed by atoms with van der Waals surface area (Å²) in [6.45, 7) is 0.421. The first-order valence-electron chi connectivity index (χ1n) is 16.0. The Kier molecular flexibility index (Phi) is 9.53. The minimum absolute atomic E-state index is 0.0644. The van der Waals surface area contributed by atoms with Gasteiger partial charge in [-0.15, -0.1) is 0 Å². The van der Waals surface area contributed by atoms with E-state index in [0.29, 0.717) is 30.1 Å². The topological polar surface area (TPSA) is 107 Å². The molecule has 0 radical (unpaired) electrons. The van der Waals surface area contributed by atoms with E-state index in [0.717, 1.165) is 73.9 Å². The number of hydrogen-bond acceptors (Lipinski definition) is 7. The van der Waals surface area contributed by atoms with E-state index in [1.807, 2.05) is 42.5 Å². The van der Waals surface area contributed by atoms with Crippen molar-refractivity contribution < 1.29 is 14.6 Å². The lowest BCUT2D eigenvalue weighted by molar-refractivity contribution is -0.125. The Balaban J connectivity index is 1.31. The van der Waals surface area contributed by atoms with Crippen LogP contribution in [0.2, 0.25) is 0 Å². The van der Waals surface area contributed by atoms with E-state index in [9.17, 15) is 9.90 Å². The normalized spacial score (nSPS) is 21.5. The molecule has 0 saturated heterocycles. The largest absolute Gasteiger partial charge is 0.507 e. The lowest BCUT2D eigenvalue weighted by Gasteiger charge is -2.28. The van der Waals surface area contributed by atoms with Crippen LogP contribution in [0, 0.1) is 5.92 Å². The van der Waals surface area contributed by atoms with Crippen molar-refractivity contribution in [2.75, 3.05) is 12.0 Å². The van der Waals surface area contributed by atoms with Crippen LogP contribution in [0.5, 0.6) is 5.75 Å². The third-order valence-electron chi connectivity index (χ3n) is 8.95. The van der Waals surface area contributed by atoms with Crippen LogP contribution >= 0.6 is 0 Å². The number of ether oxygens (including phenoxy) is 1. The first-order valence-corrected chi connectivity index (χ1v) is 16.0. The molecule has 1 amide bonds. The van der Waals surface area contributed by atoms with Crippen molar-refractivity contribution >= 4 is 23.3 Å². The molecule has 2 aromatic carbocycles. The number of carbonyl (C=O) groups excluding carboxylic acids is 1. The highest BCUT2D eigenvalue weighted by molar-refractivity contribution is 6.18. The Morgan fingerprint density at radius 3 is 2.33 bits per heavy atom. The van der Waals surface area contributed by atoms with Gasteiger partial charge in [0.1, 0.15) is 24.2 Å². The third kappa shape index (κ3) is 7.19. The van der Waals surface area contributed by atoms with E-state index < -0.39 is 6.17 Å². The zero-order valence-corrected chi connectivity index (χ0v) is 24.9. The van der Waals surface area contributed by atoms with Gasteiger partial charge in [0.05, 0.1) is 11.7 Å². The highest BCUT2D eigenvalue weighted by atomic mass is 16.5. The lowest BCUT2D eigenvalue weighted by Crippen LogP contribution is -2.39. The molecule has 0 aromatic heterocycles. The molecule has 4 N–H and O–H groups in total. The summed E-state index contributed by atoms with van der Waals surface area (Å²) in [6, 6.07) is 15.2. The molecule has 4 aliphatic rings. The number of anilines is 1. The molecule has 8 heteroatoms. The van der Waals surface area contributed by atoms with Gasteiger partial charge < -0.3 is 25.8 Å². The number of aliphatic imine (C=N–C) groups is 2. The van der Waals surface area contributed by atoms with Crippen molar-refractivity contribution in [2.24, 2.45) is 15.9 Å². The number of carbonyl (C=O) groups is 1. The van der Waals surface area contributed by atoms with Crippen molar-refractivity contribution in [1.29, 1.82) is 0 Å². The van der Waals surface area contributed by atoms with E-state index in [-0.39, 0.29) is 17.6 Å². The quantitative estimate of drug-likeness (QED) is 0.252. The van der Waals surface area contributed by atoms with Crippen LogP contribution < -0.4 is 16.0 Å². The van der Waals surface area contributed by atoms with Gasteiger partial charge in [-0.25, -0.2) is 9.98 Å². The highest BCUT2D eigenvalue weighted by Gasteiger charge is 2.28. The maximum Gasteiger partial charge on any atom is 0.227 e. The smallest absolute Gasteiger partial charge is 0.227 e. The highest BCUT2D eigenvalue weighted by Crippen LogP contribution is 2.30. The summed E-state index contributed by atoms with van der Waals surface area (Å²) in [6.07, 6.45) is 16.8. The van der Waals surface area contributed by atoms with Crippen LogP contribution in [0.15, 0.2) is 81.9 Å². The summed E-state index contributed by atoms with van der Waals surface area (Å²) in [7, 11) is 0. The second-order valence-corrected chi connectivity index (χ2v) is 12.0. The number of phenolic OH excluding ortho intramolecular Hbond substituents is 1. The first kappa shape index (κ1) is 29.2. The zero-order chi connectivity index (χ0) is 29.4. The number of benzene rings is 2. The van der Waals surface area contributed by atoms with Gasteiger partial charge in [0, 0.05) is 28.4 Å². The Morgan fingerprint density at radius 2 is 1.56 bits per heavy atom. The molecule has 43 heavy (non-hydrogen) atoms. The Morgan fingerprint density at radius 1 is 0.884 bits per heavy atom. The summed E-state index contributed by atoms with van der Waals surface area (Å²) in [5.41, 5.74) is 4.16. The number of amides is 1. The predicted octanol–water partition coefficient (Wildman–Crippen LogP) is 6.53. The summed E-state index contributed by atoms with van der Waals surface area (Å²) in [5, 5.41) is 20.9. The van der Waals surface area contributed by atoms with Crippen molar-refractivity contribution in [3.63, 3.8) is 0 Å². The van der Waals surface area contributed by atoms with Gasteiger partial charge >= 0.3 is 0 Å². The van der Waals surface area contributed by atoms with Crippen LogP contribution in [0.4, 0.5) is 5.69 Å². The van der Waals surface area contributed by atoms with Crippen molar-refractivity contribution in [2.45, 2.75) is 89.3 Å². The molecule has 1 heterocycles. The number of aromatic hydroxyl groups is 1. The van der Waals surface area contributed by atoms with Crippen LogP contribution in [0.25, 0.3) is 0 Å². The number of nitrogens with zero attached hydrogens (tertiary/aromatic N) is 2. The van der Waals surface area contributed by atoms with E-state index in [1.54, 1.807) is 12.1 Å². The van der Waals surface area contributed by atoms with Gasteiger partial charge in [-0.3, -0.25) is 4.79 Å². The van der Waals surface area contributed by atoms with Crippen LogP contribution in [0.3, 0.4) is 0 Å². The summed E-state index contributed by atoms with van der Waals surface area (Å²) < 4.78 is 6.17. The lowest BCUT2D eigenvalue weighted by atomic mass is 9.88. The Hall–Kier alpha value is -3.91. The third-order valence-corrected chi connectivity index (χ3v) is 8.95. The summed E-state index contributed by atoms with van der Waals surface area (Å²) >= 11 is 0. The molecule has 1 atom stereocenters. The molecule has 8 nitrogen and oxygen atoms in total. The molecular formula is C35H43N5O3. The minimum atomic E-state index is -0.587. The molecule has 0 bridgehead atoms. The zero-order valence-electron chi connectivity index (χ0n) is 24.9. The Labute approximate surface area is 254 Å². The summed E-state index contributed by atoms with van der Waals surface area (Å²) in [4.78, 5) is 23.4. The first-order chi connectivity index (χ1) is 21.2. The minimum Gasteiger partial charge on any atom is -0.507 e. The summed E-state index contributed by atoms with van der Waals surface area (Å²) in [5.74, 6) is 1.49. The second kappa shape index (κ2) is 14.0. The number of nitrogens with one attached hydrogen (secondary N) is 3. The van der Waals surface area contributed by atoms with E-state index in [4.69, 9.17) is 14.7 Å². The molecule has 1 aliphatic heterocycles. The average Bonchev–Trinajstić information content (AvgIpc) is 3.06. The number of allylic oxidation sites excluding steroid dienone is 2. The van der Waals surface area contributed by atoms with Gasteiger partial charge in [-0.2, -0.15) is 0 Å². The van der Waals surface area contributed by atoms with E-state index >= 15 is 0 Å². The molecule has 2 saturated carbocycles. The molecule has 6 rings (SSSR count). The van der Waals surface area contributed by atoms with Gasteiger partial charge in [-0.1, -0.05) is 74.9 Å². The number of phenols is 1. The van der Waals surface area contributed by atoms with Crippen molar-refractivity contribution in [3.05, 3.63) is 83.1 Å². The standard InChI is InChI=1S/C35H43N5O3/c41-31-22-12-9-19-28(31)34-39-32(26-17-7-10-20-29(26)36-23-43-25-15-5-2-6-16-25)38-33(40-34)27-18-8-11-21-30(27)37-35(42)24-13-3-1-4-14-24/h7-10,12,17-20,22,24-25,33,36,41H,1-6,11,13-16,21,23H2,(H,37,42)(H,38,39,40). The van der Waals surface area contributed by atoms with Gasteiger partial charge in [0.15, 0.2) is 6.17 Å². The molecular weight excluding hydrogens is 538 g/mol. The SMILES string of the molecule is O=C(NC1=C(C2N=C(c3ccccc3O)NC(c3ccccc3NCOC3CCCCC3)=N2)C=CCC1)C1CCCCC1. The number of rotatable bonds is 9. The van der Waals surface area contributed by atoms with Crippen LogP contribution in [0.1, 0.15) is 88.2 Å². The fourth-order valence-corrected chi connectivity index (χ4v) is 6.52. The molecule has 2 fully saturated rings. The Bertz CT molecular complexity index is 1420. The maximum absolute atomic E-state index is 13.3. The fourth-order valence-electron chi connectivity index (χ4n) is 6.52. The number of amidine groups is 2. The number of para-hydroxylation sites is 2. The fraction of sp³-hybridized carbons (Fsp3) is 0.457. The van der Waals surface area contributed by atoms with E-state index in [1.165, 1.54) is 25.7 Å². The number of hydrogen-bond donors (Lipinski definition) is 4. The van der Waals surface area contributed by atoms with Gasteiger partial charge in [0.25, 0.3) is 0 Å². The van der Waals surface area contributed by atoms with Crippen LogP contribution in [-0.4, -0.2) is 41.7 Å². The van der Waals surface area contributed by atoms with Gasteiger partial charge in [-0.05, 0) is 62.8 Å². The average molecular weight is 582 g/mol. The molecule has 3 aliphatic carbocycles. The molecule has 2 aromatic rings. The predicted molar refractivity (Wildman–Crippen MR) is 171 cm³/mol. The van der Waals surface area contributed by atoms with E-state index in [2.05, 4.69) is 22.0 Å². The van der Waals surface area contributed by atoms with Crippen molar-refractivity contribution in [1.82, 2.24) is 10.6 Å². The second-order valence-electron chi connectivity index (χ2n) is 12.0. The van der Waals surface area contributed by atoms with Crippen LogP contribution in [-0.2, 0) is 9.53 Å².